The first-order valence-electron chi connectivity index (χ1n) is 5.81. The van der Waals surface area contributed by atoms with E-state index >= 15 is 0 Å². The van der Waals surface area contributed by atoms with Crippen molar-refractivity contribution in [3.8, 4) is 0 Å². The van der Waals surface area contributed by atoms with Gasteiger partial charge in [-0.1, -0.05) is 0 Å². The second-order valence-electron chi connectivity index (χ2n) is 4.71. The van der Waals surface area contributed by atoms with Gasteiger partial charge in [-0.2, -0.15) is 11.8 Å². The summed E-state index contributed by atoms with van der Waals surface area (Å²) in [7, 11) is 0. The molecule has 0 bridgehead atoms. The van der Waals surface area contributed by atoms with Crippen molar-refractivity contribution in [2.75, 3.05) is 32.4 Å². The van der Waals surface area contributed by atoms with Gasteiger partial charge in [0.25, 0.3) is 0 Å². The third-order valence-electron chi connectivity index (χ3n) is 3.58. The molecule has 1 heterocycles. The molecular formula is C11H22N2S. The van der Waals surface area contributed by atoms with Gasteiger partial charge in [0.2, 0.25) is 0 Å². The fraction of sp³-hybridized carbons (Fsp3) is 1.00. The highest BCUT2D eigenvalue weighted by Crippen LogP contribution is 2.46. The molecular weight excluding hydrogens is 192 g/mol. The molecule has 0 aromatic carbocycles. The summed E-state index contributed by atoms with van der Waals surface area (Å²) in [6.07, 6.45) is 7.82. The third-order valence-corrected chi connectivity index (χ3v) is 5.00. The van der Waals surface area contributed by atoms with E-state index in [2.05, 4.69) is 16.9 Å². The summed E-state index contributed by atoms with van der Waals surface area (Å²) in [5.41, 5.74) is 0. The first-order chi connectivity index (χ1) is 6.85. The minimum atomic E-state index is 0.632. The zero-order chi connectivity index (χ0) is 9.86. The molecule has 0 amide bonds. The summed E-state index contributed by atoms with van der Waals surface area (Å²) in [6, 6.07) is 0. The van der Waals surface area contributed by atoms with Crippen molar-refractivity contribution in [3.05, 3.63) is 0 Å². The van der Waals surface area contributed by atoms with Gasteiger partial charge >= 0.3 is 0 Å². The SMILES string of the molecule is CSC1(CNCC2CCNCC2)CC1. The molecule has 1 saturated carbocycles. The van der Waals surface area contributed by atoms with Crippen molar-refractivity contribution >= 4 is 11.8 Å². The molecule has 0 spiro atoms. The molecule has 2 rings (SSSR count). The molecule has 1 aliphatic carbocycles. The fourth-order valence-corrected chi connectivity index (χ4v) is 2.94. The van der Waals surface area contributed by atoms with E-state index in [1.807, 2.05) is 11.8 Å². The number of thioether (sulfide) groups is 1. The number of rotatable bonds is 5. The van der Waals surface area contributed by atoms with Crippen LogP contribution in [0.3, 0.4) is 0 Å². The Bertz CT molecular complexity index is 174. The van der Waals surface area contributed by atoms with Gasteiger partial charge in [-0.15, -0.1) is 0 Å². The van der Waals surface area contributed by atoms with Crippen molar-refractivity contribution in [2.45, 2.75) is 30.4 Å². The lowest BCUT2D eigenvalue weighted by Gasteiger charge is -2.24. The lowest BCUT2D eigenvalue weighted by Crippen LogP contribution is -2.36. The maximum Gasteiger partial charge on any atom is 0.0282 e. The van der Waals surface area contributed by atoms with Gasteiger partial charge in [0, 0.05) is 11.3 Å². The van der Waals surface area contributed by atoms with Crippen molar-refractivity contribution < 1.29 is 0 Å². The van der Waals surface area contributed by atoms with Crippen molar-refractivity contribution in [1.82, 2.24) is 10.6 Å². The molecule has 14 heavy (non-hydrogen) atoms. The van der Waals surface area contributed by atoms with Crippen LogP contribution in [0.5, 0.6) is 0 Å². The molecule has 1 aliphatic heterocycles. The summed E-state index contributed by atoms with van der Waals surface area (Å²) in [6.45, 7) is 4.92. The van der Waals surface area contributed by atoms with E-state index in [0.29, 0.717) is 4.75 Å². The molecule has 0 atom stereocenters. The lowest BCUT2D eigenvalue weighted by atomic mass is 9.98. The average Bonchev–Trinajstić information content (AvgIpc) is 3.00. The predicted octanol–water partition coefficient (Wildman–Crippen LogP) is 1.47. The van der Waals surface area contributed by atoms with Crippen molar-refractivity contribution in [3.63, 3.8) is 0 Å². The first kappa shape index (κ1) is 10.8. The van der Waals surface area contributed by atoms with E-state index < -0.39 is 0 Å². The predicted molar refractivity (Wildman–Crippen MR) is 63.9 cm³/mol. The average molecular weight is 214 g/mol. The highest BCUT2D eigenvalue weighted by Gasteiger charge is 2.41. The molecule has 2 N–H and O–H groups in total. The monoisotopic (exact) mass is 214 g/mol. The fourth-order valence-electron chi connectivity index (χ4n) is 2.18. The highest BCUT2D eigenvalue weighted by atomic mass is 32.2. The van der Waals surface area contributed by atoms with E-state index in [1.165, 1.54) is 51.9 Å². The van der Waals surface area contributed by atoms with Crippen LogP contribution in [0.15, 0.2) is 0 Å². The van der Waals surface area contributed by atoms with E-state index in [1.54, 1.807) is 0 Å². The number of hydrogen-bond donors (Lipinski definition) is 2. The largest absolute Gasteiger partial charge is 0.317 e. The molecule has 2 nitrogen and oxygen atoms in total. The molecule has 0 aromatic heterocycles. The molecule has 0 radical (unpaired) electrons. The van der Waals surface area contributed by atoms with Crippen LogP contribution in [0, 0.1) is 5.92 Å². The van der Waals surface area contributed by atoms with Gasteiger partial charge in [0.15, 0.2) is 0 Å². The minimum Gasteiger partial charge on any atom is -0.317 e. The maximum atomic E-state index is 3.66. The second-order valence-corrected chi connectivity index (χ2v) is 5.99. The minimum absolute atomic E-state index is 0.632. The topological polar surface area (TPSA) is 24.1 Å². The number of piperidine rings is 1. The zero-order valence-corrected chi connectivity index (χ0v) is 9.96. The number of hydrogen-bond acceptors (Lipinski definition) is 3. The normalized spacial score (nSPS) is 26.4. The lowest BCUT2D eigenvalue weighted by molar-refractivity contribution is 0.356. The summed E-state index contributed by atoms with van der Waals surface area (Å²) in [4.78, 5) is 0. The Labute approximate surface area is 91.6 Å². The van der Waals surface area contributed by atoms with Crippen LogP contribution in [0.2, 0.25) is 0 Å². The summed E-state index contributed by atoms with van der Waals surface area (Å²) >= 11 is 2.05. The van der Waals surface area contributed by atoms with E-state index in [0.717, 1.165) is 5.92 Å². The maximum absolute atomic E-state index is 3.66. The highest BCUT2D eigenvalue weighted by molar-refractivity contribution is 8.00. The summed E-state index contributed by atoms with van der Waals surface area (Å²) in [5.74, 6) is 0.925. The Morgan fingerprint density at radius 2 is 2.07 bits per heavy atom. The molecule has 0 aromatic rings. The van der Waals surface area contributed by atoms with Gasteiger partial charge in [0.1, 0.15) is 0 Å². The van der Waals surface area contributed by atoms with Gasteiger partial charge in [-0.3, -0.25) is 0 Å². The van der Waals surface area contributed by atoms with E-state index in [9.17, 15) is 0 Å². The Hall–Kier alpha value is 0.270. The van der Waals surface area contributed by atoms with E-state index in [-0.39, 0.29) is 0 Å². The molecule has 3 heteroatoms. The Morgan fingerprint density at radius 3 is 2.64 bits per heavy atom. The first-order valence-corrected chi connectivity index (χ1v) is 7.04. The van der Waals surface area contributed by atoms with Gasteiger partial charge in [0.05, 0.1) is 0 Å². The van der Waals surface area contributed by atoms with E-state index in [4.69, 9.17) is 0 Å². The van der Waals surface area contributed by atoms with Crippen LogP contribution in [-0.2, 0) is 0 Å². The molecule has 2 aliphatic rings. The number of nitrogens with one attached hydrogen (secondary N) is 2. The van der Waals surface area contributed by atoms with Crippen LogP contribution in [0.4, 0.5) is 0 Å². The second kappa shape index (κ2) is 4.86. The summed E-state index contributed by atoms with van der Waals surface area (Å²) < 4.78 is 0.632. The standard InChI is InChI=1S/C11H22N2S/c1-14-11(4-5-11)9-13-8-10-2-6-12-7-3-10/h10,12-13H,2-9H2,1H3. The smallest absolute Gasteiger partial charge is 0.0282 e. The quantitative estimate of drug-likeness (QED) is 0.725. The Balaban J connectivity index is 1.58. The van der Waals surface area contributed by atoms with Gasteiger partial charge < -0.3 is 10.6 Å². The van der Waals surface area contributed by atoms with Crippen molar-refractivity contribution in [2.24, 2.45) is 5.92 Å². The molecule has 0 unspecified atom stereocenters. The Morgan fingerprint density at radius 1 is 1.36 bits per heavy atom. The molecule has 2 fully saturated rings. The van der Waals surface area contributed by atoms with Gasteiger partial charge in [-0.25, -0.2) is 0 Å². The molecule has 82 valence electrons. The van der Waals surface area contributed by atoms with Crippen LogP contribution in [0.1, 0.15) is 25.7 Å². The van der Waals surface area contributed by atoms with Gasteiger partial charge in [-0.05, 0) is 57.5 Å². The summed E-state index contributed by atoms with van der Waals surface area (Å²) in [5, 5.41) is 7.07. The zero-order valence-electron chi connectivity index (χ0n) is 9.14. The Kier molecular flexibility index (Phi) is 3.74. The van der Waals surface area contributed by atoms with Crippen LogP contribution >= 0.6 is 11.8 Å². The van der Waals surface area contributed by atoms with Crippen LogP contribution in [0.25, 0.3) is 0 Å². The third kappa shape index (κ3) is 2.88. The van der Waals surface area contributed by atoms with Crippen LogP contribution < -0.4 is 10.6 Å². The van der Waals surface area contributed by atoms with Crippen LogP contribution in [-0.4, -0.2) is 37.2 Å². The molecule has 1 saturated heterocycles. The van der Waals surface area contributed by atoms with Crippen molar-refractivity contribution in [1.29, 1.82) is 0 Å².